The molecule has 43 heavy (non-hydrogen) atoms. The second-order valence-corrected chi connectivity index (χ2v) is 16.0. The minimum atomic E-state index is -2.04. The van der Waals surface area contributed by atoms with Crippen LogP contribution < -0.4 is 11.2 Å². The Bertz CT molecular complexity index is 1580. The summed E-state index contributed by atoms with van der Waals surface area (Å²) in [5.74, 6) is 2.35. The van der Waals surface area contributed by atoms with Crippen LogP contribution in [0.25, 0.3) is 0 Å². The number of ether oxygens (including phenoxy) is 2. The van der Waals surface area contributed by atoms with Crippen LogP contribution in [0.2, 0.25) is 18.1 Å². The zero-order valence-electron chi connectivity index (χ0n) is 25.2. The lowest BCUT2D eigenvalue weighted by atomic mass is 9.97. The third-order valence-corrected chi connectivity index (χ3v) is 13.2. The van der Waals surface area contributed by atoms with Crippen LogP contribution in [0.15, 0.2) is 76.4 Å². The Labute approximate surface area is 252 Å². The van der Waals surface area contributed by atoms with Crippen molar-refractivity contribution in [1.82, 2.24) is 9.13 Å². The molecule has 228 valence electrons. The van der Waals surface area contributed by atoms with E-state index in [0.717, 1.165) is 33.8 Å². The first-order valence-corrected chi connectivity index (χ1v) is 17.4. The number of aromatic nitrogens is 2. The zero-order valence-corrected chi connectivity index (χ0v) is 26.2. The van der Waals surface area contributed by atoms with Crippen molar-refractivity contribution in [3.8, 4) is 11.5 Å². The molecule has 0 spiro atoms. The van der Waals surface area contributed by atoms with Gasteiger partial charge in [0.05, 0.1) is 13.2 Å². The Morgan fingerprint density at radius 3 is 2.12 bits per heavy atom. The van der Waals surface area contributed by atoms with E-state index in [9.17, 15) is 24.6 Å². The quantitative estimate of drug-likeness (QED) is 0.207. The molecule has 1 aliphatic rings. The summed E-state index contributed by atoms with van der Waals surface area (Å²) in [6.45, 7) is 6.75. The standard InChI is InChI=1S/C33H40N2O7Si/c1-5-43(6-2,7-3)19-18-33(23-36)29(38)28(41-24(4)37)31(42-33)35-22-27(20-25-14-10-8-11-15-25)30(39)34(32(35)40)21-26-16-12-9-13-17-26/h8-17,22,28-29,31,36,38H,5-7,20-21,23H2,1-4H3/t28?,29?,31-,33-/m0/s1. The van der Waals surface area contributed by atoms with Crippen molar-refractivity contribution < 1.29 is 24.5 Å². The first kappa shape index (κ1) is 32.2. The summed E-state index contributed by atoms with van der Waals surface area (Å²) in [5.41, 5.74) is 2.30. The van der Waals surface area contributed by atoms with E-state index in [1.165, 1.54) is 17.7 Å². The van der Waals surface area contributed by atoms with Crippen molar-refractivity contribution in [2.24, 2.45) is 0 Å². The summed E-state index contributed by atoms with van der Waals surface area (Å²) in [4.78, 5) is 39.9. The molecule has 2 unspecified atom stereocenters. The number of hydrogen-bond acceptors (Lipinski definition) is 7. The lowest BCUT2D eigenvalue weighted by molar-refractivity contribution is -0.156. The second kappa shape index (κ2) is 13.7. The maximum Gasteiger partial charge on any atom is 0.333 e. The number of nitrogens with zero attached hydrogens (tertiary/aromatic N) is 2. The van der Waals surface area contributed by atoms with Gasteiger partial charge in [0.15, 0.2) is 17.9 Å². The summed E-state index contributed by atoms with van der Waals surface area (Å²) in [5, 5.41) is 22.1. The van der Waals surface area contributed by atoms with E-state index in [-0.39, 0.29) is 13.0 Å². The van der Waals surface area contributed by atoms with Crippen molar-refractivity contribution in [3.63, 3.8) is 0 Å². The van der Waals surface area contributed by atoms with Gasteiger partial charge in [-0.2, -0.15) is 0 Å². The normalized spacial score (nSPS) is 21.7. The van der Waals surface area contributed by atoms with Crippen LogP contribution in [0.1, 0.15) is 50.6 Å². The van der Waals surface area contributed by atoms with Crippen molar-refractivity contribution in [3.05, 3.63) is 104 Å². The lowest BCUT2D eigenvalue weighted by Gasteiger charge is -2.26. The first-order valence-electron chi connectivity index (χ1n) is 14.7. The van der Waals surface area contributed by atoms with E-state index in [2.05, 4.69) is 32.2 Å². The molecule has 2 aromatic carbocycles. The fraction of sp³-hybridized carbons (Fsp3) is 0.424. The van der Waals surface area contributed by atoms with Gasteiger partial charge in [-0.05, 0) is 29.3 Å². The lowest BCUT2D eigenvalue weighted by Crippen LogP contribution is -2.47. The molecular weight excluding hydrogens is 564 g/mol. The molecule has 1 saturated heterocycles. The highest BCUT2D eigenvalue weighted by Gasteiger charge is 2.57. The van der Waals surface area contributed by atoms with Crippen LogP contribution in [0.4, 0.5) is 0 Å². The minimum Gasteiger partial charge on any atom is -0.455 e. The molecule has 0 bridgehead atoms. The Morgan fingerprint density at radius 1 is 1.00 bits per heavy atom. The number of rotatable bonds is 10. The average molecular weight is 605 g/mol. The van der Waals surface area contributed by atoms with Crippen molar-refractivity contribution in [1.29, 1.82) is 0 Å². The van der Waals surface area contributed by atoms with Gasteiger partial charge in [0, 0.05) is 25.1 Å². The highest BCUT2D eigenvalue weighted by molar-refractivity contribution is 6.87. The van der Waals surface area contributed by atoms with Gasteiger partial charge < -0.3 is 19.7 Å². The summed E-state index contributed by atoms with van der Waals surface area (Å²) >= 11 is 0. The van der Waals surface area contributed by atoms with Gasteiger partial charge in [-0.25, -0.2) is 4.79 Å². The monoisotopic (exact) mass is 604 g/mol. The molecular formula is C33H40N2O7Si. The summed E-state index contributed by atoms with van der Waals surface area (Å²) in [7, 11) is -2.04. The van der Waals surface area contributed by atoms with E-state index >= 15 is 0 Å². The number of esters is 1. The minimum absolute atomic E-state index is 0.00277. The smallest absolute Gasteiger partial charge is 0.333 e. The Kier molecular flexibility index (Phi) is 10.2. The highest BCUT2D eigenvalue weighted by atomic mass is 28.3. The molecule has 4 rings (SSSR count). The molecule has 3 aromatic rings. The molecule has 0 aliphatic carbocycles. The van der Waals surface area contributed by atoms with Crippen LogP contribution in [-0.2, 0) is 27.2 Å². The largest absolute Gasteiger partial charge is 0.455 e. The van der Waals surface area contributed by atoms with E-state index in [1.54, 1.807) is 0 Å². The molecule has 0 saturated carbocycles. The van der Waals surface area contributed by atoms with Crippen molar-refractivity contribution in [2.75, 3.05) is 6.61 Å². The van der Waals surface area contributed by atoms with E-state index in [4.69, 9.17) is 9.47 Å². The summed E-state index contributed by atoms with van der Waals surface area (Å²) < 4.78 is 14.1. The molecule has 0 radical (unpaired) electrons. The van der Waals surface area contributed by atoms with E-state index in [1.807, 2.05) is 60.7 Å². The van der Waals surface area contributed by atoms with E-state index in [0.29, 0.717) is 5.56 Å². The van der Waals surface area contributed by atoms with Gasteiger partial charge in [-0.15, -0.1) is 5.54 Å². The van der Waals surface area contributed by atoms with Gasteiger partial charge in [0.2, 0.25) is 0 Å². The van der Waals surface area contributed by atoms with Gasteiger partial charge in [-0.1, -0.05) is 87.4 Å². The van der Waals surface area contributed by atoms with Crippen LogP contribution in [0.3, 0.4) is 0 Å². The fourth-order valence-electron chi connectivity index (χ4n) is 5.53. The van der Waals surface area contributed by atoms with Crippen molar-refractivity contribution in [2.45, 2.75) is 82.8 Å². The van der Waals surface area contributed by atoms with Gasteiger partial charge in [-0.3, -0.25) is 18.7 Å². The van der Waals surface area contributed by atoms with Crippen LogP contribution in [-0.4, -0.2) is 57.8 Å². The Morgan fingerprint density at radius 2 is 1.58 bits per heavy atom. The third-order valence-electron chi connectivity index (χ3n) is 8.47. The average Bonchev–Trinajstić information content (AvgIpc) is 3.29. The predicted octanol–water partition coefficient (Wildman–Crippen LogP) is 3.25. The van der Waals surface area contributed by atoms with E-state index < -0.39 is 55.9 Å². The molecule has 1 fully saturated rings. The number of benzene rings is 2. The molecule has 4 atom stereocenters. The topological polar surface area (TPSA) is 120 Å². The third kappa shape index (κ3) is 6.76. The molecule has 10 heteroatoms. The first-order chi connectivity index (χ1) is 20.6. The molecule has 2 heterocycles. The second-order valence-electron chi connectivity index (χ2n) is 11.0. The maximum absolute atomic E-state index is 14.0. The number of hydrogen-bond donors (Lipinski definition) is 2. The predicted molar refractivity (Wildman–Crippen MR) is 166 cm³/mol. The van der Waals surface area contributed by atoms with Gasteiger partial charge in [0.25, 0.3) is 5.56 Å². The van der Waals surface area contributed by atoms with Crippen LogP contribution in [0, 0.1) is 11.5 Å². The number of aliphatic hydroxyl groups is 2. The van der Waals surface area contributed by atoms with Gasteiger partial charge in [0.1, 0.15) is 14.2 Å². The fourth-order valence-corrected chi connectivity index (χ4v) is 8.04. The van der Waals surface area contributed by atoms with Crippen molar-refractivity contribution >= 4 is 14.0 Å². The highest BCUT2D eigenvalue weighted by Crippen LogP contribution is 2.38. The van der Waals surface area contributed by atoms with Crippen LogP contribution >= 0.6 is 0 Å². The van der Waals surface area contributed by atoms with Crippen LogP contribution in [0.5, 0.6) is 0 Å². The molecule has 0 amide bonds. The SMILES string of the molecule is CC[Si](C#C[C@@]1(CO)O[C@H](n2cc(Cc3ccccc3)c(=O)n(Cc3ccccc3)c2=O)C(OC(C)=O)C1O)(CC)CC. The number of carbonyl (C=O) groups is 1. The molecule has 9 nitrogen and oxygen atoms in total. The summed E-state index contributed by atoms with van der Waals surface area (Å²) in [6.07, 6.45) is -2.66. The Balaban J connectivity index is 1.90. The van der Waals surface area contributed by atoms with Gasteiger partial charge >= 0.3 is 11.7 Å². The molecule has 1 aromatic heterocycles. The number of carbonyl (C=O) groups excluding carboxylic acids is 1. The molecule has 1 aliphatic heterocycles. The zero-order chi connectivity index (χ0) is 31.2. The summed E-state index contributed by atoms with van der Waals surface area (Å²) in [6, 6.07) is 21.1. The maximum atomic E-state index is 14.0. The molecule has 2 N–H and O–H groups in total. The number of aliphatic hydroxyl groups excluding tert-OH is 2. The Hall–Kier alpha value is -3.75.